The molecule has 0 aliphatic heterocycles. The van der Waals surface area contributed by atoms with E-state index in [2.05, 4.69) is 24.7 Å². The molecule has 0 aromatic carbocycles. The Balaban J connectivity index is 1.78. The largest absolute Gasteiger partial charge is 0.463 e. The number of furan rings is 1. The van der Waals surface area contributed by atoms with E-state index in [1.807, 2.05) is 12.1 Å². The Morgan fingerprint density at radius 1 is 1.40 bits per heavy atom. The average molecular weight is 296 g/mol. The molecule has 1 heterocycles. The summed E-state index contributed by atoms with van der Waals surface area (Å²) < 4.78 is 5.51. The molecule has 1 aliphatic carbocycles. The first-order valence-corrected chi connectivity index (χ1v) is 7.95. The van der Waals surface area contributed by atoms with Crippen LogP contribution in [0.2, 0.25) is 0 Å². The predicted molar refractivity (Wildman–Crippen MR) is 84.9 cm³/mol. The van der Waals surface area contributed by atoms with Gasteiger partial charge in [-0.3, -0.25) is 0 Å². The number of hydrogen-bond donors (Lipinski definition) is 3. The Hall–Kier alpha value is -1.07. The molecule has 1 aliphatic rings. The molecule has 1 atom stereocenters. The van der Waals surface area contributed by atoms with Crippen LogP contribution >= 0.6 is 12.2 Å². The third-order valence-corrected chi connectivity index (χ3v) is 4.25. The Kier molecular flexibility index (Phi) is 5.86. The van der Waals surface area contributed by atoms with Gasteiger partial charge < -0.3 is 20.0 Å². The summed E-state index contributed by atoms with van der Waals surface area (Å²) in [5, 5.41) is 7.55. The second-order valence-corrected chi connectivity index (χ2v) is 6.24. The van der Waals surface area contributed by atoms with E-state index in [0.717, 1.165) is 17.4 Å². The van der Waals surface area contributed by atoms with Gasteiger partial charge in [-0.25, -0.2) is 0 Å². The minimum atomic E-state index is 0.274. The molecule has 2 rings (SSSR count). The average Bonchev–Trinajstić information content (AvgIpc) is 2.93. The molecule has 0 spiro atoms. The summed E-state index contributed by atoms with van der Waals surface area (Å²) in [7, 11) is 4.26. The molecule has 20 heavy (non-hydrogen) atoms. The highest BCUT2D eigenvalue weighted by Crippen LogP contribution is 2.17. The summed E-state index contributed by atoms with van der Waals surface area (Å²) >= 11 is 5.41. The van der Waals surface area contributed by atoms with Gasteiger partial charge in [0.1, 0.15) is 0 Å². The molecule has 1 fully saturated rings. The number of quaternary nitrogens is 1. The van der Waals surface area contributed by atoms with Crippen molar-refractivity contribution in [1.82, 2.24) is 10.6 Å². The van der Waals surface area contributed by atoms with Gasteiger partial charge in [0.2, 0.25) is 0 Å². The molecule has 1 aromatic rings. The van der Waals surface area contributed by atoms with E-state index in [1.165, 1.54) is 37.0 Å². The van der Waals surface area contributed by atoms with Crippen molar-refractivity contribution in [1.29, 1.82) is 0 Å². The fourth-order valence-electron chi connectivity index (χ4n) is 2.76. The van der Waals surface area contributed by atoms with Gasteiger partial charge in [-0.2, -0.15) is 0 Å². The fraction of sp³-hybridized carbons (Fsp3) is 0.667. The maximum atomic E-state index is 5.51. The van der Waals surface area contributed by atoms with Crippen LogP contribution in [0, 0.1) is 0 Å². The van der Waals surface area contributed by atoms with Gasteiger partial charge in [-0.05, 0) is 37.2 Å². The van der Waals surface area contributed by atoms with Crippen LogP contribution in [0.1, 0.15) is 43.9 Å². The molecular formula is C15H26N3OS+. The predicted octanol–water partition coefficient (Wildman–Crippen LogP) is 1.26. The maximum absolute atomic E-state index is 5.51. The highest BCUT2D eigenvalue weighted by molar-refractivity contribution is 7.80. The van der Waals surface area contributed by atoms with Crippen LogP contribution in [0.5, 0.6) is 0 Å². The Labute approximate surface area is 126 Å². The topological polar surface area (TPSA) is 41.6 Å². The van der Waals surface area contributed by atoms with Crippen molar-refractivity contribution >= 4 is 17.3 Å². The first-order valence-electron chi connectivity index (χ1n) is 7.54. The van der Waals surface area contributed by atoms with Crippen LogP contribution in [-0.4, -0.2) is 31.8 Å². The van der Waals surface area contributed by atoms with Crippen molar-refractivity contribution in [3.8, 4) is 0 Å². The van der Waals surface area contributed by atoms with Crippen molar-refractivity contribution in [2.24, 2.45) is 0 Å². The highest BCUT2D eigenvalue weighted by atomic mass is 32.1. The third kappa shape index (κ3) is 4.49. The van der Waals surface area contributed by atoms with Crippen molar-refractivity contribution in [2.75, 3.05) is 20.6 Å². The Morgan fingerprint density at radius 3 is 2.75 bits per heavy atom. The van der Waals surface area contributed by atoms with Crippen molar-refractivity contribution < 1.29 is 9.32 Å². The van der Waals surface area contributed by atoms with Gasteiger partial charge in [0.05, 0.1) is 26.9 Å². The number of nitrogens with one attached hydrogen (secondary N) is 3. The number of thiocarbonyl (C=S) groups is 1. The molecular weight excluding hydrogens is 270 g/mol. The van der Waals surface area contributed by atoms with E-state index in [4.69, 9.17) is 16.6 Å². The number of likely N-dealkylation sites (N-methyl/N-ethyl adjacent to an activating group) is 1. The minimum absolute atomic E-state index is 0.274. The Bertz CT molecular complexity index is 399. The molecule has 0 bridgehead atoms. The van der Waals surface area contributed by atoms with Crippen LogP contribution in [0.3, 0.4) is 0 Å². The SMILES string of the molecule is C[NH+](C)[C@@H](CNC(=S)NC1CCCCC1)c1ccco1. The maximum Gasteiger partial charge on any atom is 0.166 e. The smallest absolute Gasteiger partial charge is 0.166 e. The van der Waals surface area contributed by atoms with E-state index in [0.29, 0.717) is 6.04 Å². The van der Waals surface area contributed by atoms with Gasteiger partial charge >= 0.3 is 0 Å². The lowest BCUT2D eigenvalue weighted by Crippen LogP contribution is -3.07. The van der Waals surface area contributed by atoms with Crippen LogP contribution in [0.25, 0.3) is 0 Å². The van der Waals surface area contributed by atoms with E-state index >= 15 is 0 Å². The second-order valence-electron chi connectivity index (χ2n) is 5.83. The minimum Gasteiger partial charge on any atom is -0.463 e. The van der Waals surface area contributed by atoms with Gasteiger partial charge in [0.15, 0.2) is 16.9 Å². The van der Waals surface area contributed by atoms with E-state index in [-0.39, 0.29) is 6.04 Å². The van der Waals surface area contributed by atoms with E-state index < -0.39 is 0 Å². The van der Waals surface area contributed by atoms with E-state index in [9.17, 15) is 0 Å². The molecule has 0 saturated heterocycles. The highest BCUT2D eigenvalue weighted by Gasteiger charge is 2.21. The lowest BCUT2D eigenvalue weighted by Gasteiger charge is -2.26. The summed E-state index contributed by atoms with van der Waals surface area (Å²) in [6.45, 7) is 0.786. The zero-order chi connectivity index (χ0) is 14.4. The molecule has 1 saturated carbocycles. The lowest BCUT2D eigenvalue weighted by atomic mass is 9.96. The van der Waals surface area contributed by atoms with Crippen LogP contribution in [0.4, 0.5) is 0 Å². The van der Waals surface area contributed by atoms with Crippen molar-refractivity contribution in [3.63, 3.8) is 0 Å². The zero-order valence-electron chi connectivity index (χ0n) is 12.4. The molecule has 112 valence electrons. The zero-order valence-corrected chi connectivity index (χ0v) is 13.3. The van der Waals surface area contributed by atoms with Crippen LogP contribution < -0.4 is 15.5 Å². The molecule has 3 N–H and O–H groups in total. The fourth-order valence-corrected chi connectivity index (χ4v) is 3.01. The van der Waals surface area contributed by atoms with Gasteiger partial charge in [-0.15, -0.1) is 0 Å². The van der Waals surface area contributed by atoms with Crippen LogP contribution in [0.15, 0.2) is 22.8 Å². The summed E-state index contributed by atoms with van der Waals surface area (Å²) in [6, 6.07) is 4.79. The molecule has 0 amide bonds. The quantitative estimate of drug-likeness (QED) is 0.716. The standard InChI is InChI=1S/C15H25N3OS/c1-18(2)13(14-9-6-10-19-14)11-16-15(20)17-12-7-4-3-5-8-12/h6,9-10,12-13H,3-5,7-8,11H2,1-2H3,(H2,16,17,20)/p+1/t13-/m0/s1. The molecule has 1 aromatic heterocycles. The summed E-state index contributed by atoms with van der Waals surface area (Å²) in [6.07, 6.45) is 8.20. The molecule has 4 nitrogen and oxygen atoms in total. The Morgan fingerprint density at radius 2 is 2.15 bits per heavy atom. The normalized spacial score (nSPS) is 17.9. The second kappa shape index (κ2) is 7.64. The summed E-state index contributed by atoms with van der Waals surface area (Å²) in [5.41, 5.74) is 0. The van der Waals surface area contributed by atoms with Gasteiger partial charge in [0, 0.05) is 6.04 Å². The summed E-state index contributed by atoms with van der Waals surface area (Å²) in [5.74, 6) is 0.998. The first-order chi connectivity index (χ1) is 9.66. The number of rotatable bonds is 5. The van der Waals surface area contributed by atoms with E-state index in [1.54, 1.807) is 6.26 Å². The van der Waals surface area contributed by atoms with Crippen molar-refractivity contribution in [3.05, 3.63) is 24.2 Å². The van der Waals surface area contributed by atoms with Crippen molar-refractivity contribution in [2.45, 2.75) is 44.2 Å². The monoisotopic (exact) mass is 296 g/mol. The molecule has 0 unspecified atom stereocenters. The first kappa shape index (κ1) is 15.3. The third-order valence-electron chi connectivity index (χ3n) is 3.99. The molecule has 5 heteroatoms. The van der Waals surface area contributed by atoms with Gasteiger partial charge in [0.25, 0.3) is 0 Å². The van der Waals surface area contributed by atoms with Crippen LogP contribution in [-0.2, 0) is 0 Å². The molecule has 0 radical (unpaired) electrons. The summed E-state index contributed by atoms with van der Waals surface area (Å²) in [4.78, 5) is 1.33. The lowest BCUT2D eigenvalue weighted by molar-refractivity contribution is -0.891. The van der Waals surface area contributed by atoms with Gasteiger partial charge in [-0.1, -0.05) is 19.3 Å². The number of hydrogen-bond acceptors (Lipinski definition) is 2.